The number of rotatable bonds is 7. The van der Waals surface area contributed by atoms with Crippen molar-refractivity contribution in [1.29, 1.82) is 0 Å². The molecule has 0 aromatic heterocycles. The molecule has 0 radical (unpaired) electrons. The van der Waals surface area contributed by atoms with Crippen molar-refractivity contribution in [2.24, 2.45) is 0 Å². The van der Waals surface area contributed by atoms with Crippen molar-refractivity contribution in [3.63, 3.8) is 0 Å². The van der Waals surface area contributed by atoms with E-state index in [1.807, 2.05) is 49.1 Å². The van der Waals surface area contributed by atoms with Crippen LogP contribution < -0.4 is 0 Å². The molecule has 3 rings (SSSR count). The summed E-state index contributed by atoms with van der Waals surface area (Å²) < 4.78 is 27.5. The van der Waals surface area contributed by atoms with E-state index in [9.17, 15) is 13.2 Å². The van der Waals surface area contributed by atoms with Gasteiger partial charge in [-0.25, -0.2) is 8.42 Å². The summed E-state index contributed by atoms with van der Waals surface area (Å²) in [7, 11) is -3.67. The summed E-state index contributed by atoms with van der Waals surface area (Å²) in [6.45, 7) is 6.77. The van der Waals surface area contributed by atoms with Crippen LogP contribution in [0.15, 0.2) is 59.5 Å². The quantitative estimate of drug-likeness (QED) is 0.651. The molecule has 1 unspecified atom stereocenters. The highest BCUT2D eigenvalue weighted by atomic mass is 35.5. The summed E-state index contributed by atoms with van der Waals surface area (Å²) in [4.78, 5) is 17.3. The zero-order chi connectivity index (χ0) is 21.7. The van der Waals surface area contributed by atoms with Gasteiger partial charge in [0.25, 0.3) is 0 Å². The average molecular weight is 450 g/mol. The third-order valence-electron chi connectivity index (χ3n) is 5.52. The number of carbonyl (C=O) groups excluding carboxylic acids is 1. The molecule has 2 aromatic rings. The van der Waals surface area contributed by atoms with E-state index in [1.165, 1.54) is 10.4 Å². The van der Waals surface area contributed by atoms with Crippen LogP contribution >= 0.6 is 11.6 Å². The number of halogens is 1. The van der Waals surface area contributed by atoms with Crippen LogP contribution in [0, 0.1) is 0 Å². The van der Waals surface area contributed by atoms with E-state index >= 15 is 0 Å². The number of benzene rings is 2. The molecule has 1 heterocycles. The molecule has 8 heteroatoms. The van der Waals surface area contributed by atoms with E-state index in [-0.39, 0.29) is 15.8 Å². The summed E-state index contributed by atoms with van der Waals surface area (Å²) in [5, 5.41) is 0.221. The van der Waals surface area contributed by atoms with Gasteiger partial charge in [0, 0.05) is 39.3 Å². The van der Waals surface area contributed by atoms with Crippen LogP contribution in [0.4, 0.5) is 0 Å². The Hall–Kier alpha value is -1.93. The molecule has 0 saturated carbocycles. The predicted octanol–water partition coefficient (Wildman–Crippen LogP) is 3.26. The topological polar surface area (TPSA) is 60.9 Å². The third kappa shape index (κ3) is 4.70. The van der Waals surface area contributed by atoms with E-state index in [4.69, 9.17) is 11.6 Å². The summed E-state index contributed by atoms with van der Waals surface area (Å²) in [5.74, 6) is 0.0496. The highest BCUT2D eigenvalue weighted by Gasteiger charge is 2.36. The molecule has 0 spiro atoms. The maximum absolute atomic E-state index is 13.3. The second-order valence-electron chi connectivity index (χ2n) is 7.19. The maximum Gasteiger partial charge on any atom is 0.244 e. The Morgan fingerprint density at radius 1 is 0.967 bits per heavy atom. The Labute approximate surface area is 184 Å². The smallest absolute Gasteiger partial charge is 0.244 e. The summed E-state index contributed by atoms with van der Waals surface area (Å²) in [6, 6.07) is 15.8. The molecule has 0 bridgehead atoms. The van der Waals surface area contributed by atoms with Crippen LogP contribution in [0.1, 0.15) is 25.5 Å². The van der Waals surface area contributed by atoms with Crippen LogP contribution in [0.3, 0.4) is 0 Å². The van der Waals surface area contributed by atoms with Crippen molar-refractivity contribution in [1.82, 2.24) is 14.1 Å². The molecular formula is C22H28ClN3O3S. The number of amides is 1. The standard InChI is InChI=1S/C22H28ClN3O3S/c1-3-24(4-2)22(27)21(18-10-6-5-7-11-18)25-14-16-26(17-15-25)30(28,29)20-13-9-8-12-19(20)23/h5-13,21H,3-4,14-17H2,1-2H3. The number of hydrogen-bond donors (Lipinski definition) is 0. The van der Waals surface area contributed by atoms with Gasteiger partial charge in [-0.05, 0) is 31.5 Å². The van der Waals surface area contributed by atoms with Gasteiger partial charge in [0.2, 0.25) is 15.9 Å². The van der Waals surface area contributed by atoms with E-state index < -0.39 is 16.1 Å². The molecule has 1 fully saturated rings. The molecule has 30 heavy (non-hydrogen) atoms. The lowest BCUT2D eigenvalue weighted by atomic mass is 10.0. The van der Waals surface area contributed by atoms with Crippen LogP contribution in [0.2, 0.25) is 5.02 Å². The first-order valence-electron chi connectivity index (χ1n) is 10.2. The monoisotopic (exact) mass is 449 g/mol. The van der Waals surface area contributed by atoms with Crippen molar-refractivity contribution in [2.45, 2.75) is 24.8 Å². The van der Waals surface area contributed by atoms with E-state index in [0.29, 0.717) is 39.3 Å². The summed E-state index contributed by atoms with van der Waals surface area (Å²) >= 11 is 6.13. The summed E-state index contributed by atoms with van der Waals surface area (Å²) in [6.07, 6.45) is 0. The lowest BCUT2D eigenvalue weighted by Crippen LogP contribution is -2.52. The minimum atomic E-state index is -3.67. The normalized spacial score (nSPS) is 16.9. The number of nitrogens with zero attached hydrogens (tertiary/aromatic N) is 3. The predicted molar refractivity (Wildman–Crippen MR) is 119 cm³/mol. The van der Waals surface area contributed by atoms with Crippen molar-refractivity contribution in [2.75, 3.05) is 39.3 Å². The van der Waals surface area contributed by atoms with Gasteiger partial charge in [-0.2, -0.15) is 4.31 Å². The van der Waals surface area contributed by atoms with Crippen molar-refractivity contribution in [3.05, 3.63) is 65.2 Å². The first-order chi connectivity index (χ1) is 14.4. The van der Waals surface area contributed by atoms with Crippen LogP contribution in [0.5, 0.6) is 0 Å². The van der Waals surface area contributed by atoms with E-state index in [0.717, 1.165) is 5.56 Å². The lowest BCUT2D eigenvalue weighted by Gasteiger charge is -2.39. The third-order valence-corrected chi connectivity index (χ3v) is 7.92. The second kappa shape index (κ2) is 9.92. The van der Waals surface area contributed by atoms with E-state index in [2.05, 4.69) is 4.90 Å². The first-order valence-corrected chi connectivity index (χ1v) is 12.0. The SMILES string of the molecule is CCN(CC)C(=O)C(c1ccccc1)N1CCN(S(=O)(=O)c2ccccc2Cl)CC1. The average Bonchev–Trinajstić information content (AvgIpc) is 2.76. The van der Waals surface area contributed by atoms with Gasteiger partial charge >= 0.3 is 0 Å². The van der Waals surface area contributed by atoms with Crippen LogP contribution in [0.25, 0.3) is 0 Å². The molecule has 1 aliphatic rings. The molecule has 2 aromatic carbocycles. The molecule has 1 aliphatic heterocycles. The van der Waals surface area contributed by atoms with Gasteiger partial charge in [-0.15, -0.1) is 0 Å². The van der Waals surface area contributed by atoms with Gasteiger partial charge < -0.3 is 4.90 Å². The number of piperazine rings is 1. The fraction of sp³-hybridized carbons (Fsp3) is 0.409. The second-order valence-corrected chi connectivity index (χ2v) is 9.51. The molecule has 1 amide bonds. The van der Waals surface area contributed by atoms with Crippen LogP contribution in [-0.4, -0.2) is 67.7 Å². The molecule has 162 valence electrons. The van der Waals surface area contributed by atoms with Gasteiger partial charge in [-0.3, -0.25) is 9.69 Å². The minimum absolute atomic E-state index is 0.0496. The maximum atomic E-state index is 13.3. The fourth-order valence-electron chi connectivity index (χ4n) is 3.85. The zero-order valence-corrected chi connectivity index (χ0v) is 18.9. The number of carbonyl (C=O) groups is 1. The Morgan fingerprint density at radius 2 is 1.53 bits per heavy atom. The van der Waals surface area contributed by atoms with Crippen LogP contribution in [-0.2, 0) is 14.8 Å². The lowest BCUT2D eigenvalue weighted by molar-refractivity contribution is -0.137. The van der Waals surface area contributed by atoms with Gasteiger partial charge in [0.05, 0.1) is 5.02 Å². The van der Waals surface area contributed by atoms with E-state index in [1.54, 1.807) is 18.2 Å². The fourth-order valence-corrected chi connectivity index (χ4v) is 5.76. The Kier molecular flexibility index (Phi) is 7.52. The number of hydrogen-bond acceptors (Lipinski definition) is 4. The largest absolute Gasteiger partial charge is 0.342 e. The number of likely N-dealkylation sites (N-methyl/N-ethyl adjacent to an activating group) is 1. The zero-order valence-electron chi connectivity index (χ0n) is 17.4. The van der Waals surface area contributed by atoms with Crippen molar-refractivity contribution < 1.29 is 13.2 Å². The molecule has 0 N–H and O–H groups in total. The Morgan fingerprint density at radius 3 is 2.10 bits per heavy atom. The first kappa shape index (κ1) is 22.7. The Balaban J connectivity index is 1.81. The molecule has 1 atom stereocenters. The highest BCUT2D eigenvalue weighted by molar-refractivity contribution is 7.89. The number of sulfonamides is 1. The minimum Gasteiger partial charge on any atom is -0.342 e. The molecule has 0 aliphatic carbocycles. The van der Waals surface area contributed by atoms with Crippen molar-refractivity contribution >= 4 is 27.5 Å². The van der Waals surface area contributed by atoms with Crippen molar-refractivity contribution in [3.8, 4) is 0 Å². The molecule has 1 saturated heterocycles. The highest BCUT2D eigenvalue weighted by Crippen LogP contribution is 2.28. The van der Waals surface area contributed by atoms with Gasteiger partial charge in [0.1, 0.15) is 10.9 Å². The molecule has 6 nitrogen and oxygen atoms in total. The van der Waals surface area contributed by atoms with Gasteiger partial charge in [-0.1, -0.05) is 54.1 Å². The summed E-state index contributed by atoms with van der Waals surface area (Å²) in [5.41, 5.74) is 0.928. The molecular weight excluding hydrogens is 422 g/mol. The Bertz CT molecular complexity index is 957. The van der Waals surface area contributed by atoms with Gasteiger partial charge in [0.15, 0.2) is 0 Å².